The monoisotopic (exact) mass is 676 g/mol. The van der Waals surface area contributed by atoms with Crippen molar-refractivity contribution in [2.75, 3.05) is 0 Å². The number of fused-ring (bicyclic) bond motifs is 1. The molecule has 0 aromatic heterocycles. The molecule has 224 valence electrons. The van der Waals surface area contributed by atoms with E-state index in [2.05, 4.69) is 20.5 Å². The molecule has 5 aromatic carbocycles. The molecule has 0 radical (unpaired) electrons. The Hall–Kier alpha value is -3.02. The number of hydrogen-bond donors (Lipinski definition) is 2. The summed E-state index contributed by atoms with van der Waals surface area (Å²) < 4.78 is 66.8. The number of hydrogen-bond acceptors (Lipinski definition) is 10. The zero-order chi connectivity index (χ0) is 31.8. The Morgan fingerprint density at radius 2 is 1.09 bits per heavy atom. The van der Waals surface area contributed by atoms with Crippen LogP contribution in [0.25, 0.3) is 21.9 Å². The van der Waals surface area contributed by atoms with Gasteiger partial charge in [-0.05, 0) is 90.0 Å². The van der Waals surface area contributed by atoms with Gasteiger partial charge in [0, 0.05) is 5.39 Å². The van der Waals surface area contributed by atoms with Crippen molar-refractivity contribution in [2.24, 2.45) is 20.5 Å². The smallest absolute Gasteiger partial charge is 0.872 e. The third-order valence-electron chi connectivity index (χ3n) is 6.66. The molecule has 0 bridgehead atoms. The van der Waals surface area contributed by atoms with Crippen molar-refractivity contribution < 1.29 is 95.3 Å². The largest absolute Gasteiger partial charge is 1.00 e. The molecular weight excluding hydrogens is 654 g/mol. The number of azo groups is 2. The molecule has 0 unspecified atom stereocenters. The van der Waals surface area contributed by atoms with E-state index in [1.54, 1.807) is 36.4 Å². The fourth-order valence-electron chi connectivity index (χ4n) is 4.58. The Morgan fingerprint density at radius 1 is 0.587 bits per heavy atom. The van der Waals surface area contributed by atoms with Crippen LogP contribution >= 0.6 is 0 Å². The first-order valence-electron chi connectivity index (χ1n) is 12.8. The molecule has 0 atom stereocenters. The first kappa shape index (κ1) is 37.4. The van der Waals surface area contributed by atoms with Gasteiger partial charge in [-0.15, -0.1) is 5.75 Å². The van der Waals surface area contributed by atoms with Crippen molar-refractivity contribution >= 4 is 53.8 Å². The summed E-state index contributed by atoms with van der Waals surface area (Å²) in [5, 5.41) is 40.0. The van der Waals surface area contributed by atoms with Crippen molar-refractivity contribution in [2.45, 2.75) is 23.6 Å². The third kappa shape index (κ3) is 8.46. The first-order chi connectivity index (χ1) is 20.7. The second-order valence-corrected chi connectivity index (χ2v) is 12.6. The van der Waals surface area contributed by atoms with Crippen LogP contribution in [0.1, 0.15) is 11.1 Å². The second-order valence-electron chi connectivity index (χ2n) is 9.77. The maximum Gasteiger partial charge on any atom is 1.00 e. The van der Waals surface area contributed by atoms with Gasteiger partial charge in [0.25, 0.3) is 20.2 Å². The van der Waals surface area contributed by atoms with Crippen molar-refractivity contribution in [3.8, 4) is 22.6 Å². The summed E-state index contributed by atoms with van der Waals surface area (Å²) in [7, 11) is -9.88. The van der Waals surface area contributed by atoms with Gasteiger partial charge < -0.3 is 10.2 Å². The van der Waals surface area contributed by atoms with E-state index in [0.717, 1.165) is 40.5 Å². The minimum absolute atomic E-state index is 0. The quantitative estimate of drug-likeness (QED) is 0.142. The molecule has 5 aromatic rings. The van der Waals surface area contributed by atoms with Crippen LogP contribution in [-0.2, 0) is 20.2 Å². The van der Waals surface area contributed by atoms with Crippen LogP contribution in [0.4, 0.5) is 22.7 Å². The van der Waals surface area contributed by atoms with Crippen LogP contribution in [-0.4, -0.2) is 25.9 Å². The summed E-state index contributed by atoms with van der Waals surface area (Å²) in [6, 6.07) is 20.4. The van der Waals surface area contributed by atoms with E-state index >= 15 is 0 Å². The SMILES string of the molecule is Cc1cc(N=Nc2ccc([O-])cc2)ccc1-c1ccc(N=Nc2c([O-])ccc3cc(S(=O)(=O)O)cc(S(=O)(=O)O)c23)cc1C.[Na+].[Na+]. The Labute approximate surface area is 309 Å². The number of aryl methyl sites for hydroxylation is 2. The van der Waals surface area contributed by atoms with Crippen molar-refractivity contribution in [1.82, 2.24) is 0 Å². The van der Waals surface area contributed by atoms with Gasteiger partial charge in [-0.2, -0.15) is 37.3 Å². The van der Waals surface area contributed by atoms with E-state index < -0.39 is 41.5 Å². The molecule has 0 aliphatic heterocycles. The zero-order valence-electron chi connectivity index (χ0n) is 25.0. The van der Waals surface area contributed by atoms with Crippen LogP contribution < -0.4 is 69.3 Å². The Kier molecular flexibility index (Phi) is 12.1. The maximum absolute atomic E-state index is 12.7. The van der Waals surface area contributed by atoms with Gasteiger partial charge in [0.05, 0.1) is 27.6 Å². The van der Waals surface area contributed by atoms with Gasteiger partial charge >= 0.3 is 59.1 Å². The van der Waals surface area contributed by atoms with Crippen molar-refractivity contribution in [3.63, 3.8) is 0 Å². The molecule has 0 aliphatic rings. The molecule has 12 nitrogen and oxygen atoms in total. The standard InChI is InChI=1S/C30H24N4O8S2.2Na/c1-17-13-21(32-31-20-4-8-23(35)9-5-20)6-10-25(17)26-11-7-22(14-18(26)2)33-34-30-27(36)12-3-19-15-24(43(37,38)39)16-28(29(19)30)44(40,41)42;;/h3-16,35-36H,1-2H3,(H,37,38,39)(H,40,41,42);;/q;2*+1/p-2. The molecule has 0 heterocycles. The molecule has 0 amide bonds. The fourth-order valence-corrected chi connectivity index (χ4v) is 5.94. The molecule has 16 heteroatoms. The minimum atomic E-state index is -5.04. The molecule has 0 saturated heterocycles. The number of benzene rings is 5. The summed E-state index contributed by atoms with van der Waals surface area (Å²) in [6.45, 7) is 3.77. The van der Waals surface area contributed by atoms with E-state index in [-0.39, 0.29) is 75.6 Å². The summed E-state index contributed by atoms with van der Waals surface area (Å²) in [5.74, 6) is -0.840. The van der Waals surface area contributed by atoms with E-state index in [0.29, 0.717) is 23.1 Å². The normalized spacial score (nSPS) is 11.9. The van der Waals surface area contributed by atoms with Gasteiger partial charge in [-0.25, -0.2) is 0 Å². The van der Waals surface area contributed by atoms with E-state index in [4.69, 9.17) is 0 Å². The number of nitrogens with zero attached hydrogens (tertiary/aromatic N) is 4. The van der Waals surface area contributed by atoms with Gasteiger partial charge in [-0.3, -0.25) is 9.11 Å². The predicted octanol–water partition coefficient (Wildman–Crippen LogP) is 0.603. The van der Waals surface area contributed by atoms with Crippen molar-refractivity contribution in [1.29, 1.82) is 0 Å². The average molecular weight is 677 g/mol. The third-order valence-corrected chi connectivity index (χ3v) is 8.37. The van der Waals surface area contributed by atoms with Crippen LogP contribution in [0.3, 0.4) is 0 Å². The Bertz CT molecular complexity index is 2230. The second kappa shape index (κ2) is 14.8. The van der Waals surface area contributed by atoms with Gasteiger partial charge in [-0.1, -0.05) is 42.1 Å². The molecule has 46 heavy (non-hydrogen) atoms. The summed E-state index contributed by atoms with van der Waals surface area (Å²) in [6.07, 6.45) is 0. The Balaban J connectivity index is 0.00000288. The van der Waals surface area contributed by atoms with E-state index in [1.165, 1.54) is 12.1 Å². The molecule has 0 saturated carbocycles. The predicted molar refractivity (Wildman–Crippen MR) is 159 cm³/mol. The topological polar surface area (TPSA) is 204 Å². The van der Waals surface area contributed by atoms with Crippen LogP contribution in [0.2, 0.25) is 0 Å². The van der Waals surface area contributed by atoms with E-state index in [1.807, 2.05) is 26.0 Å². The van der Waals surface area contributed by atoms with Crippen LogP contribution in [0, 0.1) is 13.8 Å². The van der Waals surface area contributed by atoms with E-state index in [9.17, 15) is 36.2 Å². The first-order valence-corrected chi connectivity index (χ1v) is 15.6. The molecule has 0 fully saturated rings. The molecule has 0 aliphatic carbocycles. The number of rotatable bonds is 7. The fraction of sp³-hybridized carbons (Fsp3) is 0.0667. The minimum Gasteiger partial charge on any atom is -0.872 e. The Morgan fingerprint density at radius 3 is 1.59 bits per heavy atom. The molecule has 5 rings (SSSR count). The zero-order valence-corrected chi connectivity index (χ0v) is 30.7. The molecular formula is C30H22N4Na2O8S2. The van der Waals surface area contributed by atoms with Crippen molar-refractivity contribution in [3.05, 3.63) is 96.1 Å². The summed E-state index contributed by atoms with van der Waals surface area (Å²) in [4.78, 5) is -1.70. The summed E-state index contributed by atoms with van der Waals surface area (Å²) in [5.41, 5.74) is 4.60. The molecule has 0 spiro atoms. The maximum atomic E-state index is 12.7. The van der Waals surface area contributed by atoms with Gasteiger partial charge in [0.2, 0.25) is 0 Å². The molecule has 2 N–H and O–H groups in total. The van der Waals surface area contributed by atoms with Gasteiger partial charge in [0.1, 0.15) is 4.90 Å². The average Bonchev–Trinajstić information content (AvgIpc) is 2.95. The van der Waals surface area contributed by atoms with Crippen LogP contribution in [0.15, 0.2) is 115 Å². The summed E-state index contributed by atoms with van der Waals surface area (Å²) >= 11 is 0. The van der Waals surface area contributed by atoms with Crippen LogP contribution in [0.5, 0.6) is 11.5 Å². The van der Waals surface area contributed by atoms with Gasteiger partial charge in [0.15, 0.2) is 0 Å².